The molecule has 1 aromatic heterocycles. The number of hydrogen-bond donors (Lipinski definition) is 0. The van der Waals surface area contributed by atoms with Crippen molar-refractivity contribution in [1.29, 1.82) is 0 Å². The molecule has 3 aromatic rings. The Bertz CT molecular complexity index is 783. The minimum atomic E-state index is -0.0652. The third-order valence-electron chi connectivity index (χ3n) is 3.78. The number of benzene rings is 2. The van der Waals surface area contributed by atoms with Gasteiger partial charge >= 0.3 is 0 Å². The van der Waals surface area contributed by atoms with Crippen LogP contribution in [0, 0.1) is 0 Å². The molecule has 1 unspecified atom stereocenters. The summed E-state index contributed by atoms with van der Waals surface area (Å²) < 4.78 is 1.17. The fraction of sp³-hybridized carbons (Fsp3) is 0.263. The zero-order valence-corrected chi connectivity index (χ0v) is 15.4. The first-order valence-electron chi connectivity index (χ1n) is 7.88. The number of thiazole rings is 1. The molecule has 24 heavy (non-hydrogen) atoms. The highest BCUT2D eigenvalue weighted by molar-refractivity contribution is 7.99. The number of hydrogen-bond acceptors (Lipinski definition) is 4. The summed E-state index contributed by atoms with van der Waals surface area (Å²) >= 11 is 3.33. The summed E-state index contributed by atoms with van der Waals surface area (Å²) in [4.78, 5) is 18.9. The van der Waals surface area contributed by atoms with Crippen LogP contribution in [0.3, 0.4) is 0 Å². The van der Waals surface area contributed by atoms with E-state index in [9.17, 15) is 4.79 Å². The number of nitrogens with zero attached hydrogens (tertiary/aromatic N) is 2. The molecule has 0 aliphatic carbocycles. The van der Waals surface area contributed by atoms with E-state index in [4.69, 9.17) is 0 Å². The smallest absolute Gasteiger partial charge is 0.235 e. The molecule has 0 N–H and O–H groups in total. The lowest BCUT2D eigenvalue weighted by molar-refractivity contribution is -0.129. The van der Waals surface area contributed by atoms with Crippen molar-refractivity contribution in [3.63, 3.8) is 0 Å². The van der Waals surface area contributed by atoms with E-state index in [0.717, 1.165) is 16.3 Å². The fourth-order valence-corrected chi connectivity index (χ4v) is 4.42. The second-order valence-corrected chi connectivity index (χ2v) is 8.15. The van der Waals surface area contributed by atoms with Crippen molar-refractivity contribution < 1.29 is 4.79 Å². The molecule has 2 aromatic carbocycles. The maximum Gasteiger partial charge on any atom is 0.235 e. The SMILES string of the molecule is CC(SCc1ccccc1)C(=O)N(C)Cc1nc2ccccc2s1. The number of amides is 1. The predicted octanol–water partition coefficient (Wildman–Crippen LogP) is 4.58. The lowest BCUT2D eigenvalue weighted by Gasteiger charge is -2.20. The highest BCUT2D eigenvalue weighted by Gasteiger charge is 2.19. The Labute approximate surface area is 150 Å². The molecule has 1 amide bonds. The van der Waals surface area contributed by atoms with Gasteiger partial charge in [0.1, 0.15) is 5.01 Å². The lowest BCUT2D eigenvalue weighted by atomic mass is 10.2. The molecule has 1 heterocycles. The largest absolute Gasteiger partial charge is 0.338 e. The first-order valence-corrected chi connectivity index (χ1v) is 9.75. The van der Waals surface area contributed by atoms with E-state index >= 15 is 0 Å². The van der Waals surface area contributed by atoms with Crippen molar-refractivity contribution in [2.24, 2.45) is 0 Å². The number of carbonyl (C=O) groups is 1. The molecule has 1 atom stereocenters. The van der Waals surface area contributed by atoms with E-state index in [1.54, 1.807) is 28.0 Å². The summed E-state index contributed by atoms with van der Waals surface area (Å²) in [5.41, 5.74) is 2.25. The summed E-state index contributed by atoms with van der Waals surface area (Å²) in [6.45, 7) is 2.54. The monoisotopic (exact) mass is 356 g/mol. The van der Waals surface area contributed by atoms with Gasteiger partial charge in [-0.1, -0.05) is 42.5 Å². The molecule has 124 valence electrons. The third kappa shape index (κ3) is 4.16. The Morgan fingerprint density at radius 2 is 1.88 bits per heavy atom. The second-order valence-electron chi connectivity index (χ2n) is 5.71. The predicted molar refractivity (Wildman–Crippen MR) is 103 cm³/mol. The Morgan fingerprint density at radius 3 is 2.62 bits per heavy atom. The van der Waals surface area contributed by atoms with Gasteiger partial charge in [0.15, 0.2) is 0 Å². The Hall–Kier alpha value is -1.85. The zero-order valence-electron chi connectivity index (χ0n) is 13.8. The zero-order chi connectivity index (χ0) is 16.9. The van der Waals surface area contributed by atoms with Crippen LogP contribution in [0.5, 0.6) is 0 Å². The van der Waals surface area contributed by atoms with Crippen LogP contribution in [0.15, 0.2) is 54.6 Å². The van der Waals surface area contributed by atoms with Gasteiger partial charge in [-0.05, 0) is 24.6 Å². The number of aromatic nitrogens is 1. The lowest BCUT2D eigenvalue weighted by Crippen LogP contribution is -2.32. The molecule has 0 radical (unpaired) electrons. The van der Waals surface area contributed by atoms with Gasteiger partial charge in [0, 0.05) is 12.8 Å². The molecular formula is C19H20N2OS2. The average Bonchev–Trinajstić information content (AvgIpc) is 3.02. The van der Waals surface area contributed by atoms with Gasteiger partial charge in [-0.3, -0.25) is 4.79 Å². The van der Waals surface area contributed by atoms with Crippen molar-refractivity contribution in [3.8, 4) is 0 Å². The van der Waals surface area contributed by atoms with Gasteiger partial charge in [0.05, 0.1) is 22.0 Å². The summed E-state index contributed by atoms with van der Waals surface area (Å²) in [7, 11) is 1.86. The number of fused-ring (bicyclic) bond motifs is 1. The van der Waals surface area contributed by atoms with E-state index in [1.165, 1.54) is 10.3 Å². The number of rotatable bonds is 6. The second kappa shape index (κ2) is 7.81. The van der Waals surface area contributed by atoms with Crippen LogP contribution in [0.25, 0.3) is 10.2 Å². The molecule has 0 spiro atoms. The van der Waals surface area contributed by atoms with E-state index in [0.29, 0.717) is 6.54 Å². The summed E-state index contributed by atoms with van der Waals surface area (Å²) in [5.74, 6) is 0.998. The molecule has 0 saturated carbocycles. The van der Waals surface area contributed by atoms with Crippen LogP contribution in [-0.2, 0) is 17.1 Å². The first kappa shape index (κ1) is 17.0. The van der Waals surface area contributed by atoms with Crippen LogP contribution in [0.1, 0.15) is 17.5 Å². The minimum Gasteiger partial charge on any atom is -0.338 e. The van der Waals surface area contributed by atoms with Crippen molar-refractivity contribution in [3.05, 3.63) is 65.2 Å². The van der Waals surface area contributed by atoms with Crippen LogP contribution < -0.4 is 0 Å². The van der Waals surface area contributed by atoms with Crippen molar-refractivity contribution in [1.82, 2.24) is 9.88 Å². The normalized spacial score (nSPS) is 12.2. The van der Waals surface area contributed by atoms with Gasteiger partial charge in [-0.25, -0.2) is 4.98 Å². The number of thioether (sulfide) groups is 1. The van der Waals surface area contributed by atoms with Crippen LogP contribution in [0.2, 0.25) is 0 Å². The molecule has 0 aliphatic heterocycles. The van der Waals surface area contributed by atoms with Crippen molar-refractivity contribution in [2.45, 2.75) is 24.5 Å². The highest BCUT2D eigenvalue weighted by atomic mass is 32.2. The quantitative estimate of drug-likeness (QED) is 0.648. The molecular weight excluding hydrogens is 336 g/mol. The standard InChI is InChI=1S/C19H20N2OS2/c1-14(23-13-15-8-4-3-5-9-15)19(22)21(2)12-18-20-16-10-6-7-11-17(16)24-18/h3-11,14H,12-13H2,1-2H3. The molecule has 0 saturated heterocycles. The fourth-order valence-electron chi connectivity index (χ4n) is 2.45. The van der Waals surface area contributed by atoms with E-state index in [-0.39, 0.29) is 11.2 Å². The topological polar surface area (TPSA) is 33.2 Å². The first-order chi connectivity index (χ1) is 11.6. The maximum absolute atomic E-state index is 12.6. The van der Waals surface area contributed by atoms with Gasteiger partial charge in [-0.15, -0.1) is 23.1 Å². The minimum absolute atomic E-state index is 0.0652. The Morgan fingerprint density at radius 1 is 1.17 bits per heavy atom. The molecule has 0 fully saturated rings. The summed E-state index contributed by atoms with van der Waals surface area (Å²) in [6, 6.07) is 18.3. The van der Waals surface area contributed by atoms with Crippen molar-refractivity contribution in [2.75, 3.05) is 7.05 Å². The Balaban J connectivity index is 1.57. The van der Waals surface area contributed by atoms with Crippen molar-refractivity contribution >= 4 is 39.2 Å². The molecule has 3 nitrogen and oxygen atoms in total. The van der Waals surface area contributed by atoms with Gasteiger partial charge in [-0.2, -0.15) is 0 Å². The summed E-state index contributed by atoms with van der Waals surface area (Å²) in [6.07, 6.45) is 0. The van der Waals surface area contributed by atoms with Crippen LogP contribution >= 0.6 is 23.1 Å². The average molecular weight is 357 g/mol. The number of para-hydroxylation sites is 1. The van der Waals surface area contributed by atoms with Gasteiger partial charge < -0.3 is 4.90 Å². The highest BCUT2D eigenvalue weighted by Crippen LogP contribution is 2.24. The maximum atomic E-state index is 12.6. The Kier molecular flexibility index (Phi) is 5.53. The molecule has 0 aliphatic rings. The van der Waals surface area contributed by atoms with E-state index in [1.807, 2.05) is 50.4 Å². The molecule has 5 heteroatoms. The van der Waals surface area contributed by atoms with E-state index < -0.39 is 0 Å². The third-order valence-corrected chi connectivity index (χ3v) is 6.00. The van der Waals surface area contributed by atoms with Gasteiger partial charge in [0.2, 0.25) is 5.91 Å². The van der Waals surface area contributed by atoms with E-state index in [2.05, 4.69) is 23.2 Å². The van der Waals surface area contributed by atoms with Gasteiger partial charge in [0.25, 0.3) is 0 Å². The summed E-state index contributed by atoms with van der Waals surface area (Å²) in [5, 5.41) is 0.914. The molecule has 0 bridgehead atoms. The molecule has 3 rings (SSSR count). The van der Waals surface area contributed by atoms with Crippen LogP contribution in [0.4, 0.5) is 0 Å². The van der Waals surface area contributed by atoms with Crippen LogP contribution in [-0.4, -0.2) is 28.1 Å². The number of carbonyl (C=O) groups excluding carboxylic acids is 1.